The molecule has 0 spiro atoms. The molecule has 176 valence electrons. The lowest BCUT2D eigenvalue weighted by Gasteiger charge is -2.27. The maximum absolute atomic E-state index is 11.6. The molecule has 1 aliphatic heterocycles. The number of phosphoric acid groups is 1. The Labute approximate surface area is 187 Å². The van der Waals surface area contributed by atoms with Crippen molar-refractivity contribution in [3.63, 3.8) is 0 Å². The van der Waals surface area contributed by atoms with E-state index in [2.05, 4.69) is 5.92 Å². The van der Waals surface area contributed by atoms with Crippen LogP contribution in [-0.2, 0) is 23.3 Å². The minimum absolute atomic E-state index is 0.0179. The molecule has 1 amide bonds. The van der Waals surface area contributed by atoms with Crippen LogP contribution in [0.25, 0.3) is 0 Å². The maximum Gasteiger partial charge on any atom is 0.469 e. The topological polar surface area (TPSA) is 141 Å². The van der Waals surface area contributed by atoms with E-state index in [1.165, 1.54) is 12.6 Å². The molecule has 10 nitrogen and oxygen atoms in total. The Kier molecular flexibility index (Phi) is 8.79. The average Bonchev–Trinajstić information content (AvgIpc) is 3.12. The number of rotatable bonds is 10. The highest BCUT2D eigenvalue weighted by Gasteiger charge is 2.52. The second-order valence-electron chi connectivity index (χ2n) is 8.04. The molecule has 3 rings (SSSR count). The molecule has 0 aromatic carbocycles. The third-order valence-electron chi connectivity index (χ3n) is 5.70. The summed E-state index contributed by atoms with van der Waals surface area (Å²) in [6.45, 7) is 0.0487. The number of amides is 1. The molecular formula is C21H30N2O8P+. The van der Waals surface area contributed by atoms with Crippen LogP contribution >= 0.6 is 7.82 Å². The summed E-state index contributed by atoms with van der Waals surface area (Å²) < 4.78 is 35.7. The van der Waals surface area contributed by atoms with Gasteiger partial charge in [0.25, 0.3) is 12.1 Å². The molecule has 32 heavy (non-hydrogen) atoms. The number of primary amides is 1. The molecule has 4 N–H and O–H groups in total. The van der Waals surface area contributed by atoms with Gasteiger partial charge in [-0.15, -0.1) is 6.42 Å². The van der Waals surface area contributed by atoms with Gasteiger partial charge in [0, 0.05) is 6.07 Å². The summed E-state index contributed by atoms with van der Waals surface area (Å²) in [4.78, 5) is 29.9. The SMILES string of the molecule is C#CCO[C@@H]1[C@H](OCC2CCCCC2)[C@@H](COP(=O)(O)O)O[C@H]1[n+]1cccc(C(N)=O)c1. The highest BCUT2D eigenvalue weighted by Crippen LogP contribution is 2.39. The predicted molar refractivity (Wildman–Crippen MR) is 112 cm³/mol. The molecular weight excluding hydrogens is 439 g/mol. The van der Waals surface area contributed by atoms with Crippen molar-refractivity contribution in [2.24, 2.45) is 11.7 Å². The number of nitrogens with two attached hydrogens (primary N) is 1. The number of nitrogens with zero attached hydrogens (tertiary/aromatic N) is 1. The van der Waals surface area contributed by atoms with Crippen molar-refractivity contribution in [3.05, 3.63) is 30.1 Å². The minimum Gasteiger partial charge on any atom is -0.372 e. The smallest absolute Gasteiger partial charge is 0.372 e. The Morgan fingerprint density at radius 1 is 1.25 bits per heavy atom. The number of pyridine rings is 1. The van der Waals surface area contributed by atoms with E-state index >= 15 is 0 Å². The first-order valence-corrected chi connectivity index (χ1v) is 12.1. The number of phosphoric ester groups is 1. The molecule has 0 bridgehead atoms. The molecule has 2 fully saturated rings. The Hall–Kier alpha value is -1.83. The number of carbonyl (C=O) groups is 1. The summed E-state index contributed by atoms with van der Waals surface area (Å²) >= 11 is 0. The lowest BCUT2D eigenvalue weighted by molar-refractivity contribution is -0.766. The first kappa shape index (κ1) is 24.8. The molecule has 11 heteroatoms. The molecule has 4 atom stereocenters. The van der Waals surface area contributed by atoms with Crippen LogP contribution in [0.2, 0.25) is 0 Å². The first-order chi connectivity index (χ1) is 15.3. The van der Waals surface area contributed by atoms with Crippen molar-refractivity contribution < 1.29 is 42.4 Å². The largest absolute Gasteiger partial charge is 0.469 e. The predicted octanol–water partition coefficient (Wildman–Crippen LogP) is 1.06. The van der Waals surface area contributed by atoms with Crippen LogP contribution in [0.1, 0.15) is 48.7 Å². The van der Waals surface area contributed by atoms with Gasteiger partial charge in [-0.2, -0.15) is 4.57 Å². The van der Waals surface area contributed by atoms with Crippen LogP contribution in [0.4, 0.5) is 0 Å². The second kappa shape index (κ2) is 11.3. The van der Waals surface area contributed by atoms with E-state index in [4.69, 9.17) is 40.7 Å². The summed E-state index contributed by atoms with van der Waals surface area (Å²) in [7, 11) is -4.72. The molecule has 2 aliphatic rings. The van der Waals surface area contributed by atoms with Gasteiger partial charge in [-0.25, -0.2) is 4.57 Å². The van der Waals surface area contributed by atoms with Crippen LogP contribution < -0.4 is 10.3 Å². The maximum atomic E-state index is 11.6. The van der Waals surface area contributed by atoms with E-state index in [9.17, 15) is 9.36 Å². The fraction of sp³-hybridized carbons (Fsp3) is 0.619. The van der Waals surface area contributed by atoms with E-state index < -0.39 is 44.9 Å². The zero-order valence-corrected chi connectivity index (χ0v) is 18.6. The average molecular weight is 469 g/mol. The molecule has 1 saturated carbocycles. The normalized spacial score (nSPS) is 26.7. The molecule has 0 unspecified atom stereocenters. The van der Waals surface area contributed by atoms with E-state index in [-0.39, 0.29) is 12.2 Å². The van der Waals surface area contributed by atoms with E-state index in [1.807, 2.05) is 0 Å². The van der Waals surface area contributed by atoms with Crippen LogP contribution in [0, 0.1) is 18.3 Å². The summed E-state index contributed by atoms with van der Waals surface area (Å²) in [5.74, 6) is 2.21. The number of terminal acetylenes is 1. The van der Waals surface area contributed by atoms with Crippen LogP contribution in [0.5, 0.6) is 0 Å². The number of carbonyl (C=O) groups excluding carboxylic acids is 1. The van der Waals surface area contributed by atoms with Crippen LogP contribution in [0.15, 0.2) is 24.5 Å². The van der Waals surface area contributed by atoms with Gasteiger partial charge in [-0.1, -0.05) is 25.2 Å². The third-order valence-corrected chi connectivity index (χ3v) is 6.19. The zero-order valence-electron chi connectivity index (χ0n) is 17.7. The van der Waals surface area contributed by atoms with E-state index in [0.29, 0.717) is 12.5 Å². The van der Waals surface area contributed by atoms with Crippen molar-refractivity contribution in [1.82, 2.24) is 0 Å². The molecule has 0 radical (unpaired) electrons. The summed E-state index contributed by atoms with van der Waals surface area (Å²) in [5, 5.41) is 0. The monoisotopic (exact) mass is 469 g/mol. The number of hydrogen-bond acceptors (Lipinski definition) is 6. The Morgan fingerprint density at radius 2 is 2.00 bits per heavy atom. The zero-order chi connectivity index (χ0) is 23.1. The Bertz CT molecular complexity index is 864. The standard InChI is InChI=1S/C21H29N2O8P/c1-2-11-28-19-18(29-13-15-7-4-3-5-8-15)17(14-30-32(25,26)27)31-21(19)23-10-6-9-16(12-23)20(22)24/h1,6,9-10,12,15,17-19,21H,3-5,7-8,11,13-14H2,(H3-,22,24,25,26,27)/p+1/t17-,18-,19-,21-/m1/s1. The van der Waals surface area contributed by atoms with Gasteiger partial charge in [0.2, 0.25) is 0 Å². The fourth-order valence-electron chi connectivity index (χ4n) is 4.17. The van der Waals surface area contributed by atoms with Crippen molar-refractivity contribution in [3.8, 4) is 12.3 Å². The highest BCUT2D eigenvalue weighted by atomic mass is 31.2. The van der Waals surface area contributed by atoms with Crippen molar-refractivity contribution in [2.45, 2.75) is 56.6 Å². The number of ether oxygens (including phenoxy) is 3. The molecule has 1 aromatic heterocycles. The van der Waals surface area contributed by atoms with Gasteiger partial charge in [0.05, 0.1) is 13.2 Å². The quantitative estimate of drug-likeness (QED) is 0.262. The second-order valence-corrected chi connectivity index (χ2v) is 9.28. The lowest BCUT2D eigenvalue weighted by Crippen LogP contribution is -2.48. The van der Waals surface area contributed by atoms with Gasteiger partial charge >= 0.3 is 7.82 Å². The highest BCUT2D eigenvalue weighted by molar-refractivity contribution is 7.46. The molecule has 2 heterocycles. The molecule has 1 saturated heterocycles. The van der Waals surface area contributed by atoms with Crippen molar-refractivity contribution in [1.29, 1.82) is 0 Å². The van der Waals surface area contributed by atoms with Crippen LogP contribution in [-0.4, -0.2) is 53.8 Å². The first-order valence-electron chi connectivity index (χ1n) is 10.6. The third kappa shape index (κ3) is 6.83. The lowest BCUT2D eigenvalue weighted by atomic mass is 9.90. The molecule has 1 aromatic rings. The van der Waals surface area contributed by atoms with Crippen molar-refractivity contribution >= 4 is 13.7 Å². The van der Waals surface area contributed by atoms with Crippen molar-refractivity contribution in [2.75, 3.05) is 19.8 Å². The Morgan fingerprint density at radius 3 is 2.66 bits per heavy atom. The van der Waals surface area contributed by atoms with E-state index in [0.717, 1.165) is 25.7 Å². The summed E-state index contributed by atoms with van der Waals surface area (Å²) in [6.07, 6.45) is 11.2. The van der Waals surface area contributed by atoms with Gasteiger partial charge in [0.1, 0.15) is 24.4 Å². The number of hydrogen-bond donors (Lipinski definition) is 3. The van der Waals surface area contributed by atoms with Crippen LogP contribution in [0.3, 0.4) is 0 Å². The minimum atomic E-state index is -4.72. The van der Waals surface area contributed by atoms with Gasteiger partial charge < -0.3 is 29.7 Å². The van der Waals surface area contributed by atoms with E-state index in [1.54, 1.807) is 22.9 Å². The fourth-order valence-corrected chi connectivity index (χ4v) is 4.51. The molecule has 1 aliphatic carbocycles. The van der Waals surface area contributed by atoms with Gasteiger partial charge in [0.15, 0.2) is 18.5 Å². The van der Waals surface area contributed by atoms with Gasteiger partial charge in [-0.3, -0.25) is 9.32 Å². The number of aromatic nitrogens is 1. The van der Waals surface area contributed by atoms with Gasteiger partial charge in [-0.05, 0) is 24.8 Å². The summed E-state index contributed by atoms with van der Waals surface area (Å²) in [6, 6.07) is 3.20. The summed E-state index contributed by atoms with van der Waals surface area (Å²) in [5.41, 5.74) is 5.66. The Balaban J connectivity index is 1.84.